The Bertz CT molecular complexity index is 1350. The molecule has 0 radical (unpaired) electrons. The molecule has 0 aromatic heterocycles. The molecule has 9 amide bonds. The van der Waals surface area contributed by atoms with E-state index in [1.165, 1.54) is 61.8 Å². The van der Waals surface area contributed by atoms with Crippen molar-refractivity contribution in [3.8, 4) is 0 Å². The molecule has 0 bridgehead atoms. The van der Waals surface area contributed by atoms with Crippen molar-refractivity contribution in [1.82, 2.24) is 35.1 Å². The van der Waals surface area contributed by atoms with E-state index in [1.54, 1.807) is 6.92 Å². The van der Waals surface area contributed by atoms with Gasteiger partial charge in [-0.1, -0.05) is 53.7 Å². The monoisotopic (exact) mass is 796 g/mol. The molecule has 0 saturated heterocycles. The highest BCUT2D eigenvalue weighted by molar-refractivity contribution is 8.00. The Morgan fingerprint density at radius 1 is 0.727 bits per heavy atom. The third-order valence-electron chi connectivity index (χ3n) is 9.37. The zero-order valence-corrected chi connectivity index (χ0v) is 36.1. The van der Waals surface area contributed by atoms with Crippen molar-refractivity contribution < 1.29 is 38.4 Å². The van der Waals surface area contributed by atoms with E-state index in [9.17, 15) is 38.4 Å². The van der Waals surface area contributed by atoms with Crippen LogP contribution in [0.4, 0.5) is 4.79 Å². The number of carbonyl (C=O) groups is 8. The number of likely N-dealkylation sites (N-methyl/N-ethyl adjacent to an activating group) is 5. The summed E-state index contributed by atoms with van der Waals surface area (Å²) >= 11 is 1.10. The topological polar surface area (TPSA) is 203 Å². The molecule has 0 aromatic carbocycles. The van der Waals surface area contributed by atoms with E-state index < -0.39 is 65.1 Å². The Labute approximate surface area is 332 Å². The van der Waals surface area contributed by atoms with Gasteiger partial charge >= 0.3 is 6.03 Å². The number of amides is 9. The van der Waals surface area contributed by atoms with Crippen molar-refractivity contribution in [1.29, 1.82) is 0 Å². The maximum absolute atomic E-state index is 14.2. The van der Waals surface area contributed by atoms with Crippen LogP contribution in [-0.2, 0) is 33.6 Å². The molecule has 0 fully saturated rings. The molecular weight excluding hydrogens is 729 g/mol. The molecule has 4 N–H and O–H groups in total. The van der Waals surface area contributed by atoms with Gasteiger partial charge in [-0.2, -0.15) is 0 Å². The van der Waals surface area contributed by atoms with Crippen LogP contribution in [0.1, 0.15) is 87.5 Å². The third kappa shape index (κ3) is 16.0. The van der Waals surface area contributed by atoms with E-state index in [0.29, 0.717) is 18.6 Å². The van der Waals surface area contributed by atoms with E-state index in [-0.39, 0.29) is 55.9 Å². The van der Waals surface area contributed by atoms with Crippen molar-refractivity contribution >= 4 is 59.6 Å². The van der Waals surface area contributed by atoms with Gasteiger partial charge in [-0.15, -0.1) is 11.8 Å². The maximum atomic E-state index is 14.2. The second kappa shape index (κ2) is 25.2. The molecular formula is C38H68N8O8S. The number of imide groups is 2. The summed E-state index contributed by atoms with van der Waals surface area (Å²) in [4.78, 5) is 112. The molecule has 0 aliphatic carbocycles. The Kier molecular flexibility index (Phi) is 23.4. The van der Waals surface area contributed by atoms with Crippen LogP contribution >= 0.6 is 11.8 Å². The SMILES string of the molecule is C/C=C/C[C@@H](C)CC(C(=O)N[C@@H](CC)C(=O)N(C)C(SCCN)C(=O)N(C)[C@@H](CC(C)C)C(=O)NC=O)N(C)C(=O)N(C)C(=O)[C@H](CC(C)C)N(C)C(C)=O. The summed E-state index contributed by atoms with van der Waals surface area (Å²) in [6.45, 7) is 14.6. The van der Waals surface area contributed by atoms with Crippen molar-refractivity contribution in [2.75, 3.05) is 47.5 Å². The van der Waals surface area contributed by atoms with Crippen LogP contribution in [0.2, 0.25) is 0 Å². The number of hydrogen-bond acceptors (Lipinski definition) is 10. The lowest BCUT2D eigenvalue weighted by atomic mass is 9.96. The van der Waals surface area contributed by atoms with Gasteiger partial charge in [-0.3, -0.25) is 43.8 Å². The quantitative estimate of drug-likeness (QED) is 0.0783. The van der Waals surface area contributed by atoms with E-state index in [0.717, 1.165) is 16.7 Å². The fraction of sp³-hybridized carbons (Fsp3) is 0.737. The molecule has 0 aliphatic heterocycles. The van der Waals surface area contributed by atoms with Crippen LogP contribution in [0.25, 0.3) is 0 Å². The highest BCUT2D eigenvalue weighted by atomic mass is 32.2. The zero-order chi connectivity index (χ0) is 42.7. The molecule has 0 aliphatic rings. The molecule has 17 heteroatoms. The van der Waals surface area contributed by atoms with E-state index in [4.69, 9.17) is 5.73 Å². The first kappa shape index (κ1) is 51.0. The minimum Gasteiger partial charge on any atom is -0.343 e. The minimum atomic E-state index is -1.13. The summed E-state index contributed by atoms with van der Waals surface area (Å²) in [6, 6.07) is -4.86. The second-order valence-electron chi connectivity index (χ2n) is 14.9. The number of nitrogens with one attached hydrogen (secondary N) is 2. The number of rotatable bonds is 23. The van der Waals surface area contributed by atoms with Gasteiger partial charge in [0.15, 0.2) is 5.37 Å². The molecule has 55 heavy (non-hydrogen) atoms. The average molecular weight is 797 g/mol. The summed E-state index contributed by atoms with van der Waals surface area (Å²) in [5, 5.41) is 3.79. The Balaban J connectivity index is 6.64. The normalized spacial score (nSPS) is 14.6. The number of urea groups is 1. The van der Waals surface area contributed by atoms with Gasteiger partial charge in [0.2, 0.25) is 30.0 Å². The van der Waals surface area contributed by atoms with Gasteiger partial charge in [0.1, 0.15) is 24.2 Å². The van der Waals surface area contributed by atoms with E-state index in [2.05, 4.69) is 10.6 Å². The predicted octanol–water partition coefficient (Wildman–Crippen LogP) is 2.27. The summed E-state index contributed by atoms with van der Waals surface area (Å²) in [7, 11) is 7.10. The Hall–Kier alpha value is -3.99. The molecule has 0 rings (SSSR count). The maximum Gasteiger partial charge on any atom is 0.326 e. The first-order chi connectivity index (χ1) is 25.6. The molecule has 0 heterocycles. The summed E-state index contributed by atoms with van der Waals surface area (Å²) < 4.78 is 0. The van der Waals surface area contributed by atoms with Gasteiger partial charge in [-0.05, 0) is 56.8 Å². The van der Waals surface area contributed by atoms with Gasteiger partial charge in [0, 0.05) is 54.5 Å². The fourth-order valence-electron chi connectivity index (χ4n) is 5.93. The molecule has 314 valence electrons. The van der Waals surface area contributed by atoms with Crippen LogP contribution in [0.5, 0.6) is 0 Å². The molecule has 0 spiro atoms. The standard InChI is InChI=1S/C38H68N8O8S/c1-14-16-17-26(7)22-30(44(11)38(54)46(13)35(52)31(21-25(5)6)42(9)27(8)48)33(50)41-28(15-2)34(51)45(12)37(55-19-18-39)36(53)43(10)29(20-24(3)4)32(49)40-23-47/h14,16,23-26,28-31,37H,15,17-22,39H2,1-13H3,(H,41,50)(H,40,47,49)/b16-14+/t26-,28+,29+,30?,31+,37?/m1/s1. The molecule has 0 aromatic rings. The second-order valence-corrected chi connectivity index (χ2v) is 16.1. The Morgan fingerprint density at radius 3 is 1.75 bits per heavy atom. The van der Waals surface area contributed by atoms with Crippen LogP contribution in [0.3, 0.4) is 0 Å². The molecule has 16 nitrogen and oxygen atoms in total. The van der Waals surface area contributed by atoms with Crippen molar-refractivity contribution in [3.05, 3.63) is 12.2 Å². The highest BCUT2D eigenvalue weighted by Crippen LogP contribution is 2.23. The number of nitrogens with two attached hydrogens (primary N) is 1. The number of carbonyl (C=O) groups excluding carboxylic acids is 8. The summed E-state index contributed by atoms with van der Waals surface area (Å²) in [6.07, 6.45) is 5.60. The molecule has 6 atom stereocenters. The Morgan fingerprint density at radius 2 is 1.27 bits per heavy atom. The van der Waals surface area contributed by atoms with Gasteiger partial charge in [0.05, 0.1) is 0 Å². The van der Waals surface area contributed by atoms with Crippen LogP contribution in [0.15, 0.2) is 12.2 Å². The lowest BCUT2D eigenvalue weighted by Gasteiger charge is -2.37. The minimum absolute atomic E-state index is 0.00762. The fourth-order valence-corrected chi connectivity index (χ4v) is 6.93. The van der Waals surface area contributed by atoms with Crippen LogP contribution in [0, 0.1) is 17.8 Å². The van der Waals surface area contributed by atoms with E-state index >= 15 is 0 Å². The molecule has 0 saturated carbocycles. The number of hydrogen-bond donors (Lipinski definition) is 3. The lowest BCUT2D eigenvalue weighted by Crippen LogP contribution is -2.59. The van der Waals surface area contributed by atoms with Crippen molar-refractivity contribution in [2.24, 2.45) is 23.5 Å². The average Bonchev–Trinajstić information content (AvgIpc) is 3.13. The van der Waals surface area contributed by atoms with Gasteiger partial charge < -0.3 is 30.7 Å². The van der Waals surface area contributed by atoms with Gasteiger partial charge in [0.25, 0.3) is 11.8 Å². The highest BCUT2D eigenvalue weighted by Gasteiger charge is 2.40. The predicted molar refractivity (Wildman–Crippen MR) is 215 cm³/mol. The number of nitrogens with zero attached hydrogens (tertiary/aromatic N) is 5. The van der Waals surface area contributed by atoms with Gasteiger partial charge in [-0.25, -0.2) is 4.79 Å². The number of allylic oxidation sites excluding steroid dienone is 2. The van der Waals surface area contributed by atoms with Crippen molar-refractivity contribution in [3.63, 3.8) is 0 Å². The third-order valence-corrected chi connectivity index (χ3v) is 10.7. The summed E-state index contributed by atoms with van der Waals surface area (Å²) in [5.41, 5.74) is 5.77. The molecule has 2 unspecified atom stereocenters. The first-order valence-corrected chi connectivity index (χ1v) is 20.0. The largest absolute Gasteiger partial charge is 0.343 e. The zero-order valence-electron chi connectivity index (χ0n) is 35.3. The van der Waals surface area contributed by atoms with Crippen LogP contribution < -0.4 is 16.4 Å². The lowest BCUT2D eigenvalue weighted by molar-refractivity contribution is -0.146. The smallest absolute Gasteiger partial charge is 0.326 e. The summed E-state index contributed by atoms with van der Waals surface area (Å²) in [5.74, 6) is -3.12. The van der Waals surface area contributed by atoms with E-state index in [1.807, 2.05) is 53.7 Å². The van der Waals surface area contributed by atoms with Crippen LogP contribution in [-0.4, -0.2) is 149 Å². The van der Waals surface area contributed by atoms with Crippen molar-refractivity contribution in [2.45, 2.75) is 117 Å². The first-order valence-electron chi connectivity index (χ1n) is 18.9. The number of thioether (sulfide) groups is 1.